The highest BCUT2D eigenvalue weighted by atomic mass is 32.1. The van der Waals surface area contributed by atoms with Gasteiger partial charge in [-0.3, -0.25) is 14.9 Å². The van der Waals surface area contributed by atoms with Crippen LogP contribution in [0.4, 0.5) is 5.13 Å². The summed E-state index contributed by atoms with van der Waals surface area (Å²) in [6.45, 7) is 2.10. The lowest BCUT2D eigenvalue weighted by molar-refractivity contribution is -0.131. The van der Waals surface area contributed by atoms with Crippen LogP contribution in [0, 0.1) is 5.92 Å². The van der Waals surface area contributed by atoms with E-state index in [0.717, 1.165) is 60.0 Å². The molecule has 2 aromatic carbocycles. The van der Waals surface area contributed by atoms with Gasteiger partial charge in [0.15, 0.2) is 5.82 Å². The molecule has 9 heteroatoms. The van der Waals surface area contributed by atoms with E-state index >= 15 is 0 Å². The number of ether oxygens (including phenoxy) is 2. The van der Waals surface area contributed by atoms with Gasteiger partial charge in [-0.15, -0.1) is 0 Å². The van der Waals surface area contributed by atoms with E-state index in [4.69, 9.17) is 9.47 Å². The van der Waals surface area contributed by atoms with Crippen LogP contribution in [0.15, 0.2) is 48.5 Å². The van der Waals surface area contributed by atoms with Gasteiger partial charge >= 0.3 is 0 Å². The minimum Gasteiger partial charge on any atom is -0.496 e. The maximum atomic E-state index is 12.7. The van der Waals surface area contributed by atoms with Crippen molar-refractivity contribution >= 4 is 28.5 Å². The highest BCUT2D eigenvalue weighted by Gasteiger charge is 2.32. The van der Waals surface area contributed by atoms with Crippen molar-refractivity contribution in [3.8, 4) is 17.1 Å². The second kappa shape index (κ2) is 10.5. The standard InChI is InChI=1S/C26H28N4O4S/c1-33-22-8-7-19(12-20(22)11-17-9-10-34-16-17)21-13-24(32)30(14-21)15-23(31)27-26-28-25(29-35-26)18-5-3-2-4-6-18/h2-8,12,17,21H,9-11,13-16H2,1H3,(H,27,28,29,31)/t17?,21-/m1/s1. The lowest BCUT2D eigenvalue weighted by Gasteiger charge is -2.18. The molecule has 1 N–H and O–H groups in total. The van der Waals surface area contributed by atoms with Gasteiger partial charge in [-0.2, -0.15) is 9.36 Å². The number of aromatic nitrogens is 2. The molecule has 0 saturated carbocycles. The van der Waals surface area contributed by atoms with E-state index in [1.165, 1.54) is 0 Å². The van der Waals surface area contributed by atoms with Gasteiger partial charge in [0.05, 0.1) is 13.7 Å². The number of nitrogens with one attached hydrogen (secondary N) is 1. The maximum Gasteiger partial charge on any atom is 0.245 e. The lowest BCUT2D eigenvalue weighted by atomic mass is 9.92. The van der Waals surface area contributed by atoms with Crippen LogP contribution in [0.3, 0.4) is 0 Å². The van der Waals surface area contributed by atoms with Crippen LogP contribution in [-0.2, 0) is 20.7 Å². The van der Waals surface area contributed by atoms with Gasteiger partial charge < -0.3 is 14.4 Å². The van der Waals surface area contributed by atoms with Gasteiger partial charge in [0.1, 0.15) is 5.75 Å². The molecule has 2 aliphatic heterocycles. The second-order valence-electron chi connectivity index (χ2n) is 9.02. The Hall–Kier alpha value is -3.30. The average Bonchev–Trinajstić information content (AvgIpc) is 3.62. The number of hydrogen-bond donors (Lipinski definition) is 1. The Balaban J connectivity index is 1.20. The second-order valence-corrected chi connectivity index (χ2v) is 9.77. The summed E-state index contributed by atoms with van der Waals surface area (Å²) in [5, 5.41) is 3.21. The molecule has 182 valence electrons. The number of likely N-dealkylation sites (tertiary alicyclic amines) is 1. The molecule has 8 nitrogen and oxygen atoms in total. The molecule has 5 rings (SSSR count). The van der Waals surface area contributed by atoms with E-state index in [2.05, 4.69) is 20.7 Å². The minimum atomic E-state index is -0.272. The SMILES string of the molecule is COc1ccc([C@@H]2CC(=O)N(CC(=O)Nc3nc(-c4ccccc4)ns3)C2)cc1CC1CCOC1. The minimum absolute atomic E-state index is 0.00198. The molecule has 0 spiro atoms. The van der Waals surface area contributed by atoms with Crippen molar-refractivity contribution in [3.63, 3.8) is 0 Å². The summed E-state index contributed by atoms with van der Waals surface area (Å²) in [7, 11) is 1.68. The lowest BCUT2D eigenvalue weighted by Crippen LogP contribution is -2.34. The van der Waals surface area contributed by atoms with E-state index in [1.54, 1.807) is 12.0 Å². The van der Waals surface area contributed by atoms with Gasteiger partial charge in [-0.1, -0.05) is 42.5 Å². The Kier molecular flexibility index (Phi) is 7.06. The molecule has 0 aliphatic carbocycles. The molecule has 2 saturated heterocycles. The van der Waals surface area contributed by atoms with E-state index in [-0.39, 0.29) is 24.3 Å². The molecule has 1 aromatic heterocycles. The molecule has 0 radical (unpaired) electrons. The van der Waals surface area contributed by atoms with Gasteiger partial charge in [-0.05, 0) is 36.0 Å². The summed E-state index contributed by atoms with van der Waals surface area (Å²) in [6.07, 6.45) is 2.35. The predicted octanol–water partition coefficient (Wildman–Crippen LogP) is 3.75. The average molecular weight is 493 g/mol. The smallest absolute Gasteiger partial charge is 0.245 e. The van der Waals surface area contributed by atoms with Crippen LogP contribution in [-0.4, -0.2) is 59.5 Å². The molecule has 35 heavy (non-hydrogen) atoms. The normalized spacial score (nSPS) is 19.8. The zero-order valence-corrected chi connectivity index (χ0v) is 20.4. The summed E-state index contributed by atoms with van der Waals surface area (Å²) in [4.78, 5) is 31.4. The Morgan fingerprint density at radius 3 is 2.89 bits per heavy atom. The van der Waals surface area contributed by atoms with Crippen molar-refractivity contribution in [3.05, 3.63) is 59.7 Å². The van der Waals surface area contributed by atoms with Crippen LogP contribution in [0.25, 0.3) is 11.4 Å². The number of rotatable bonds is 8. The van der Waals surface area contributed by atoms with E-state index < -0.39 is 0 Å². The number of hydrogen-bond acceptors (Lipinski definition) is 7. The Labute approximate surface area is 208 Å². The van der Waals surface area contributed by atoms with Crippen molar-refractivity contribution in [1.29, 1.82) is 0 Å². The predicted molar refractivity (Wildman–Crippen MR) is 134 cm³/mol. The third-order valence-corrected chi connectivity index (χ3v) is 7.19. The summed E-state index contributed by atoms with van der Waals surface area (Å²) in [5.74, 6) is 1.69. The fourth-order valence-electron chi connectivity index (χ4n) is 4.73. The van der Waals surface area contributed by atoms with E-state index in [1.807, 2.05) is 42.5 Å². The number of anilines is 1. The Morgan fingerprint density at radius 2 is 2.11 bits per heavy atom. The van der Waals surface area contributed by atoms with E-state index in [9.17, 15) is 9.59 Å². The van der Waals surface area contributed by atoms with Gasteiger partial charge in [-0.25, -0.2) is 0 Å². The highest BCUT2D eigenvalue weighted by Crippen LogP contribution is 2.33. The quantitative estimate of drug-likeness (QED) is 0.515. The third kappa shape index (κ3) is 5.52. The molecule has 1 unspecified atom stereocenters. The number of carbonyl (C=O) groups is 2. The fourth-order valence-corrected chi connectivity index (χ4v) is 5.33. The molecule has 2 atom stereocenters. The summed E-state index contributed by atoms with van der Waals surface area (Å²) in [5.41, 5.74) is 3.14. The van der Waals surface area contributed by atoms with Gasteiger partial charge in [0.25, 0.3) is 0 Å². The first-order valence-corrected chi connectivity index (χ1v) is 12.6. The first-order valence-electron chi connectivity index (χ1n) is 11.8. The number of benzene rings is 2. The summed E-state index contributed by atoms with van der Waals surface area (Å²) < 4.78 is 15.4. The molecule has 2 amide bonds. The van der Waals surface area contributed by atoms with E-state index in [0.29, 0.717) is 29.8 Å². The monoisotopic (exact) mass is 492 g/mol. The van der Waals surface area contributed by atoms with Crippen molar-refractivity contribution in [2.24, 2.45) is 5.92 Å². The summed E-state index contributed by atoms with van der Waals surface area (Å²) >= 11 is 1.13. The zero-order valence-electron chi connectivity index (χ0n) is 19.6. The fraction of sp³-hybridized carbons (Fsp3) is 0.385. The largest absolute Gasteiger partial charge is 0.496 e. The van der Waals surface area contributed by atoms with Crippen LogP contribution >= 0.6 is 11.5 Å². The first-order chi connectivity index (χ1) is 17.1. The van der Waals surface area contributed by atoms with Crippen molar-refractivity contribution in [2.75, 3.05) is 38.7 Å². The van der Waals surface area contributed by atoms with Crippen molar-refractivity contribution in [2.45, 2.75) is 25.2 Å². The molecular formula is C26H28N4O4S. The molecule has 0 bridgehead atoms. The van der Waals surface area contributed by atoms with Crippen LogP contribution in [0.1, 0.15) is 29.9 Å². The Bertz CT molecular complexity index is 1190. The topological polar surface area (TPSA) is 93.7 Å². The highest BCUT2D eigenvalue weighted by molar-refractivity contribution is 7.10. The van der Waals surface area contributed by atoms with Crippen LogP contribution in [0.5, 0.6) is 5.75 Å². The maximum absolute atomic E-state index is 12.7. The third-order valence-electron chi connectivity index (χ3n) is 6.56. The van der Waals surface area contributed by atoms with Crippen LogP contribution < -0.4 is 10.1 Å². The van der Waals surface area contributed by atoms with Crippen LogP contribution in [0.2, 0.25) is 0 Å². The molecule has 3 aromatic rings. The molecular weight excluding hydrogens is 464 g/mol. The number of carbonyl (C=O) groups excluding carboxylic acids is 2. The van der Waals surface area contributed by atoms with Gasteiger partial charge in [0.2, 0.25) is 16.9 Å². The van der Waals surface area contributed by atoms with Gasteiger partial charge in [0, 0.05) is 49.2 Å². The molecule has 2 fully saturated rings. The van der Waals surface area contributed by atoms with Crippen molar-refractivity contribution < 1.29 is 19.1 Å². The zero-order chi connectivity index (χ0) is 24.2. The molecule has 3 heterocycles. The number of nitrogens with zero attached hydrogens (tertiary/aromatic N) is 3. The first kappa shape index (κ1) is 23.4. The number of methoxy groups -OCH3 is 1. The number of amides is 2. The summed E-state index contributed by atoms with van der Waals surface area (Å²) in [6, 6.07) is 15.8. The Morgan fingerprint density at radius 1 is 1.26 bits per heavy atom. The molecule has 2 aliphatic rings. The van der Waals surface area contributed by atoms with Crippen molar-refractivity contribution in [1.82, 2.24) is 14.3 Å².